The maximum absolute atomic E-state index is 13.6. The zero-order chi connectivity index (χ0) is 24.0. The molecule has 1 saturated heterocycles. The van der Waals surface area contributed by atoms with Gasteiger partial charge in [0.15, 0.2) is 0 Å². The molecule has 0 spiro atoms. The number of halogens is 2. The normalized spacial score (nSPS) is 14.6. The molecular formula is C30H32F2N2O2. The van der Waals surface area contributed by atoms with Gasteiger partial charge in [-0.15, -0.1) is 0 Å². The van der Waals surface area contributed by atoms with E-state index in [4.69, 9.17) is 4.74 Å². The van der Waals surface area contributed by atoms with E-state index in [9.17, 15) is 8.78 Å². The van der Waals surface area contributed by atoms with Gasteiger partial charge in [-0.25, -0.2) is 8.78 Å². The van der Waals surface area contributed by atoms with Gasteiger partial charge in [0.05, 0.1) is 6.61 Å². The van der Waals surface area contributed by atoms with Crippen molar-refractivity contribution in [3.05, 3.63) is 108 Å². The molecule has 2 N–H and O–H groups in total. The SMILES string of the molecule is Fc1ccc(C(c2ccc(F)cc2)C2CCN(CCCOc3cccc4cccnc34)CC2)cc1.O. The number of fused-ring (bicyclic) bond motifs is 1. The second-order valence-corrected chi connectivity index (χ2v) is 9.29. The predicted octanol–water partition coefficient (Wildman–Crippen LogP) is 6.00. The Labute approximate surface area is 210 Å². The lowest BCUT2D eigenvalue weighted by Gasteiger charge is -2.36. The molecule has 6 heteroatoms. The molecule has 4 nitrogen and oxygen atoms in total. The highest BCUT2D eigenvalue weighted by Crippen LogP contribution is 2.38. The van der Waals surface area contributed by atoms with Crippen molar-refractivity contribution in [3.63, 3.8) is 0 Å². The van der Waals surface area contributed by atoms with Crippen LogP contribution in [0.1, 0.15) is 36.3 Å². The van der Waals surface area contributed by atoms with Crippen LogP contribution in [0.5, 0.6) is 5.75 Å². The lowest BCUT2D eigenvalue weighted by Crippen LogP contribution is -2.36. The molecule has 0 saturated carbocycles. The molecule has 0 atom stereocenters. The summed E-state index contributed by atoms with van der Waals surface area (Å²) in [6.45, 7) is 3.67. The van der Waals surface area contributed by atoms with E-state index >= 15 is 0 Å². The van der Waals surface area contributed by atoms with E-state index in [0.717, 1.165) is 66.7 Å². The van der Waals surface area contributed by atoms with E-state index in [2.05, 4.69) is 9.88 Å². The van der Waals surface area contributed by atoms with Gasteiger partial charge in [-0.2, -0.15) is 0 Å². The Balaban J connectivity index is 0.00000304. The van der Waals surface area contributed by atoms with Gasteiger partial charge in [0.1, 0.15) is 22.9 Å². The fourth-order valence-electron chi connectivity index (χ4n) is 5.25. The van der Waals surface area contributed by atoms with Gasteiger partial charge in [0, 0.05) is 24.0 Å². The van der Waals surface area contributed by atoms with Crippen molar-refractivity contribution in [3.8, 4) is 5.75 Å². The minimum Gasteiger partial charge on any atom is -0.491 e. The van der Waals surface area contributed by atoms with Crippen molar-refractivity contribution in [1.82, 2.24) is 9.88 Å². The summed E-state index contributed by atoms with van der Waals surface area (Å²) in [5.41, 5.74) is 3.09. The summed E-state index contributed by atoms with van der Waals surface area (Å²) in [6, 6.07) is 23.6. The summed E-state index contributed by atoms with van der Waals surface area (Å²) in [6.07, 6.45) is 4.85. The third-order valence-electron chi connectivity index (χ3n) is 7.03. The highest BCUT2D eigenvalue weighted by molar-refractivity contribution is 5.84. The molecule has 0 unspecified atom stereocenters. The summed E-state index contributed by atoms with van der Waals surface area (Å²) in [4.78, 5) is 6.95. The smallest absolute Gasteiger partial charge is 0.145 e. The van der Waals surface area contributed by atoms with E-state index in [-0.39, 0.29) is 23.0 Å². The number of hydrogen-bond acceptors (Lipinski definition) is 3. The molecule has 4 aromatic rings. The fourth-order valence-corrected chi connectivity index (χ4v) is 5.25. The van der Waals surface area contributed by atoms with Crippen LogP contribution in [0.15, 0.2) is 85.1 Å². The summed E-state index contributed by atoms with van der Waals surface area (Å²) in [7, 11) is 0. The first-order valence-electron chi connectivity index (χ1n) is 12.4. The summed E-state index contributed by atoms with van der Waals surface area (Å²) in [5, 5.41) is 1.09. The van der Waals surface area contributed by atoms with Gasteiger partial charge >= 0.3 is 0 Å². The van der Waals surface area contributed by atoms with Gasteiger partial charge in [-0.05, 0) is 85.8 Å². The Morgan fingerprint density at radius 2 is 1.44 bits per heavy atom. The number of likely N-dealkylation sites (tertiary alicyclic amines) is 1. The molecule has 0 radical (unpaired) electrons. The topological polar surface area (TPSA) is 56.9 Å². The number of hydrogen-bond donors (Lipinski definition) is 0. The number of para-hydroxylation sites is 1. The molecule has 1 aliphatic heterocycles. The Kier molecular flexibility index (Phi) is 8.62. The van der Waals surface area contributed by atoms with Crippen LogP contribution in [0.4, 0.5) is 8.78 Å². The summed E-state index contributed by atoms with van der Waals surface area (Å²) >= 11 is 0. The average molecular weight is 491 g/mol. The van der Waals surface area contributed by atoms with E-state index < -0.39 is 0 Å². The van der Waals surface area contributed by atoms with Crippen molar-refractivity contribution in [2.45, 2.75) is 25.2 Å². The number of aromatic nitrogens is 1. The standard InChI is InChI=1S/C30H30F2N2O.H2O/c31-26-11-7-22(8-12-26)29(23-9-13-27(32)14-10-23)24-15-19-34(20-16-24)18-3-21-35-28-6-1-4-25-5-2-17-33-30(25)28;/h1-2,4-14,17,24,29H,3,15-16,18-21H2;1H2. The Morgan fingerprint density at radius 3 is 2.08 bits per heavy atom. The maximum atomic E-state index is 13.6. The lowest BCUT2D eigenvalue weighted by atomic mass is 9.76. The minimum atomic E-state index is -0.233. The Hall–Kier alpha value is -3.35. The first kappa shape index (κ1) is 25.7. The fraction of sp³-hybridized carbons (Fsp3) is 0.300. The van der Waals surface area contributed by atoms with Crippen molar-refractivity contribution >= 4 is 10.9 Å². The minimum absolute atomic E-state index is 0. The molecule has 1 aromatic heterocycles. The molecule has 3 aromatic carbocycles. The number of benzene rings is 3. The van der Waals surface area contributed by atoms with Gasteiger partial charge in [0.25, 0.3) is 0 Å². The van der Waals surface area contributed by atoms with E-state index in [1.165, 1.54) is 24.3 Å². The zero-order valence-electron chi connectivity index (χ0n) is 20.2. The van der Waals surface area contributed by atoms with Crippen LogP contribution in [0, 0.1) is 17.6 Å². The lowest BCUT2D eigenvalue weighted by molar-refractivity contribution is 0.163. The highest BCUT2D eigenvalue weighted by Gasteiger charge is 2.29. The molecule has 5 rings (SSSR count). The number of piperidine rings is 1. The monoisotopic (exact) mass is 490 g/mol. The second-order valence-electron chi connectivity index (χ2n) is 9.29. The third-order valence-corrected chi connectivity index (χ3v) is 7.03. The molecular weight excluding hydrogens is 458 g/mol. The van der Waals surface area contributed by atoms with Crippen molar-refractivity contribution in [1.29, 1.82) is 0 Å². The van der Waals surface area contributed by atoms with Crippen LogP contribution in [0.25, 0.3) is 10.9 Å². The van der Waals surface area contributed by atoms with Crippen LogP contribution in [-0.2, 0) is 0 Å². The number of nitrogens with zero attached hydrogens (tertiary/aromatic N) is 2. The third kappa shape index (κ3) is 6.07. The van der Waals surface area contributed by atoms with E-state index in [0.29, 0.717) is 12.5 Å². The van der Waals surface area contributed by atoms with Crippen LogP contribution in [0.2, 0.25) is 0 Å². The van der Waals surface area contributed by atoms with Crippen molar-refractivity contribution in [2.24, 2.45) is 5.92 Å². The van der Waals surface area contributed by atoms with Crippen LogP contribution in [-0.4, -0.2) is 41.6 Å². The molecule has 188 valence electrons. The molecule has 36 heavy (non-hydrogen) atoms. The van der Waals surface area contributed by atoms with Gasteiger partial charge in [-0.3, -0.25) is 4.98 Å². The summed E-state index contributed by atoms with van der Waals surface area (Å²) < 4.78 is 33.2. The highest BCUT2D eigenvalue weighted by atomic mass is 19.1. The van der Waals surface area contributed by atoms with Crippen LogP contribution >= 0.6 is 0 Å². The van der Waals surface area contributed by atoms with Crippen LogP contribution < -0.4 is 4.74 Å². The zero-order valence-corrected chi connectivity index (χ0v) is 20.2. The van der Waals surface area contributed by atoms with Crippen LogP contribution in [0.3, 0.4) is 0 Å². The molecule has 0 aliphatic carbocycles. The van der Waals surface area contributed by atoms with Gasteiger partial charge in [0.2, 0.25) is 0 Å². The van der Waals surface area contributed by atoms with Gasteiger partial charge in [-0.1, -0.05) is 42.5 Å². The number of ether oxygens (including phenoxy) is 1. The van der Waals surface area contributed by atoms with E-state index in [1.54, 1.807) is 6.20 Å². The first-order chi connectivity index (χ1) is 17.2. The average Bonchev–Trinajstić information content (AvgIpc) is 2.90. The largest absolute Gasteiger partial charge is 0.491 e. The quantitative estimate of drug-likeness (QED) is 0.285. The number of pyridine rings is 1. The Bertz CT molecular complexity index is 1190. The van der Waals surface area contributed by atoms with E-state index in [1.807, 2.05) is 54.6 Å². The molecule has 0 amide bonds. The van der Waals surface area contributed by atoms with Crippen molar-refractivity contribution in [2.75, 3.05) is 26.2 Å². The molecule has 1 fully saturated rings. The maximum Gasteiger partial charge on any atom is 0.145 e. The van der Waals surface area contributed by atoms with Crippen molar-refractivity contribution < 1.29 is 19.0 Å². The Morgan fingerprint density at radius 1 is 0.833 bits per heavy atom. The molecule has 1 aliphatic rings. The summed E-state index contributed by atoms with van der Waals surface area (Å²) in [5.74, 6) is 0.940. The number of rotatable bonds is 8. The molecule has 2 heterocycles. The second kappa shape index (κ2) is 12.1. The first-order valence-corrected chi connectivity index (χ1v) is 12.4. The molecule has 0 bridgehead atoms. The predicted molar refractivity (Wildman–Crippen MR) is 139 cm³/mol. The van der Waals surface area contributed by atoms with Gasteiger partial charge < -0.3 is 15.1 Å².